The van der Waals surface area contributed by atoms with Gasteiger partial charge in [-0.05, 0) is 37.3 Å². The lowest BCUT2D eigenvalue weighted by Gasteiger charge is -2.21. The first-order valence-corrected chi connectivity index (χ1v) is 9.88. The molecule has 1 aliphatic heterocycles. The molecule has 0 aliphatic carbocycles. The first-order chi connectivity index (χ1) is 14.5. The number of rotatable bonds is 5. The van der Waals surface area contributed by atoms with Gasteiger partial charge in [-0.3, -0.25) is 9.59 Å². The minimum atomic E-state index is -0.383. The van der Waals surface area contributed by atoms with E-state index in [1.807, 2.05) is 55.5 Å². The van der Waals surface area contributed by atoms with Crippen molar-refractivity contribution in [2.24, 2.45) is 5.92 Å². The van der Waals surface area contributed by atoms with Gasteiger partial charge in [0.1, 0.15) is 11.6 Å². The van der Waals surface area contributed by atoms with Crippen LogP contribution < -0.4 is 9.64 Å². The van der Waals surface area contributed by atoms with Crippen LogP contribution >= 0.6 is 0 Å². The summed E-state index contributed by atoms with van der Waals surface area (Å²) in [6.45, 7) is 2.61. The zero-order valence-electron chi connectivity index (χ0n) is 17.3. The van der Waals surface area contributed by atoms with E-state index in [2.05, 4.69) is 9.97 Å². The van der Waals surface area contributed by atoms with E-state index in [9.17, 15) is 9.59 Å². The second-order valence-electron chi connectivity index (χ2n) is 7.54. The van der Waals surface area contributed by atoms with Gasteiger partial charge in [0, 0.05) is 36.8 Å². The van der Waals surface area contributed by atoms with Crippen molar-refractivity contribution in [3.8, 4) is 5.75 Å². The molecule has 1 aromatic heterocycles. The Hall–Kier alpha value is -3.48. The number of methoxy groups -OCH3 is 1. The fourth-order valence-electron chi connectivity index (χ4n) is 3.85. The molecular weight excluding hydrogens is 380 g/mol. The van der Waals surface area contributed by atoms with Crippen molar-refractivity contribution < 1.29 is 14.3 Å². The Bertz CT molecular complexity index is 1100. The van der Waals surface area contributed by atoms with E-state index in [0.717, 1.165) is 28.0 Å². The van der Waals surface area contributed by atoms with Gasteiger partial charge >= 0.3 is 0 Å². The predicted octanol–water partition coefficient (Wildman–Crippen LogP) is 2.96. The average Bonchev–Trinajstić information content (AvgIpc) is 3.14. The maximum atomic E-state index is 13.0. The molecule has 2 aromatic carbocycles. The maximum Gasteiger partial charge on any atom is 0.228 e. The minimum absolute atomic E-state index is 0.0512. The van der Waals surface area contributed by atoms with Crippen molar-refractivity contribution in [1.29, 1.82) is 0 Å². The van der Waals surface area contributed by atoms with Gasteiger partial charge in [-0.25, -0.2) is 9.97 Å². The molecule has 2 heterocycles. The molecule has 3 aromatic rings. The van der Waals surface area contributed by atoms with E-state index < -0.39 is 0 Å². The van der Waals surface area contributed by atoms with Crippen molar-refractivity contribution in [1.82, 2.24) is 14.9 Å². The van der Waals surface area contributed by atoms with E-state index in [-0.39, 0.29) is 24.2 Å². The fourth-order valence-corrected chi connectivity index (χ4v) is 3.85. The summed E-state index contributed by atoms with van der Waals surface area (Å²) in [6, 6.07) is 15.1. The van der Waals surface area contributed by atoms with Crippen LogP contribution in [0.15, 0.2) is 48.5 Å². The quantitative estimate of drug-likeness (QED) is 0.654. The Kier molecular flexibility index (Phi) is 5.35. The van der Waals surface area contributed by atoms with Crippen molar-refractivity contribution in [3.05, 3.63) is 60.0 Å². The summed E-state index contributed by atoms with van der Waals surface area (Å²) in [5.74, 6) is 0.812. The number of anilines is 1. The normalized spacial score (nSPS) is 16.2. The molecule has 0 N–H and O–H groups in total. The lowest BCUT2D eigenvalue weighted by atomic mass is 10.1. The number of benzene rings is 2. The molecule has 4 rings (SSSR count). The number of carbonyl (C=O) groups is 2. The van der Waals surface area contributed by atoms with Crippen LogP contribution in [0.1, 0.15) is 17.9 Å². The molecule has 7 heteroatoms. The number of hydrogen-bond acceptors (Lipinski definition) is 5. The van der Waals surface area contributed by atoms with E-state index >= 15 is 0 Å². The number of ether oxygens (including phenoxy) is 1. The van der Waals surface area contributed by atoms with Crippen LogP contribution in [0.3, 0.4) is 0 Å². The summed E-state index contributed by atoms with van der Waals surface area (Å²) >= 11 is 0. The van der Waals surface area contributed by atoms with Crippen LogP contribution in [0, 0.1) is 12.8 Å². The van der Waals surface area contributed by atoms with Gasteiger partial charge in [0.05, 0.1) is 25.1 Å². The molecule has 30 heavy (non-hydrogen) atoms. The zero-order chi connectivity index (χ0) is 21.3. The summed E-state index contributed by atoms with van der Waals surface area (Å²) in [6.07, 6.45) is 0.201. The monoisotopic (exact) mass is 404 g/mol. The van der Waals surface area contributed by atoms with Gasteiger partial charge < -0.3 is 14.5 Å². The Morgan fingerprint density at radius 1 is 1.17 bits per heavy atom. The van der Waals surface area contributed by atoms with Crippen LogP contribution in [0.5, 0.6) is 5.75 Å². The summed E-state index contributed by atoms with van der Waals surface area (Å²) in [4.78, 5) is 37.9. The molecule has 7 nitrogen and oxygen atoms in total. The van der Waals surface area contributed by atoms with E-state index in [1.165, 1.54) is 0 Å². The number of nitrogens with zero attached hydrogens (tertiary/aromatic N) is 4. The number of aromatic nitrogens is 2. The molecular formula is C23H24N4O3. The summed E-state index contributed by atoms with van der Waals surface area (Å²) < 4.78 is 5.17. The molecule has 1 aliphatic rings. The lowest BCUT2D eigenvalue weighted by molar-refractivity contribution is -0.135. The number of para-hydroxylation sites is 1. The van der Waals surface area contributed by atoms with Crippen molar-refractivity contribution in [2.45, 2.75) is 19.9 Å². The molecule has 0 radical (unpaired) electrons. The van der Waals surface area contributed by atoms with Gasteiger partial charge in [0.15, 0.2) is 0 Å². The molecule has 1 unspecified atom stereocenters. The molecule has 0 saturated carbocycles. The van der Waals surface area contributed by atoms with Crippen LogP contribution in [-0.2, 0) is 16.1 Å². The third-order valence-corrected chi connectivity index (χ3v) is 5.45. The van der Waals surface area contributed by atoms with Gasteiger partial charge in [-0.2, -0.15) is 0 Å². The number of carbonyl (C=O) groups excluding carboxylic acids is 2. The molecule has 0 spiro atoms. The van der Waals surface area contributed by atoms with Crippen LogP contribution in [-0.4, -0.2) is 47.4 Å². The Labute approximate surface area is 175 Å². The number of aryl methyl sites for hydroxylation is 1. The standard InChI is InChI=1S/C23H24N4O3/c1-15-19-6-4-5-7-20(19)25-21(24-15)14-26(2)23(29)16-12-22(28)27(13-16)17-8-10-18(30-3)11-9-17/h4-11,16H,12-14H2,1-3H3. The molecule has 154 valence electrons. The largest absolute Gasteiger partial charge is 0.497 e. The van der Waals surface area contributed by atoms with Crippen molar-refractivity contribution in [2.75, 3.05) is 25.6 Å². The first-order valence-electron chi connectivity index (χ1n) is 9.88. The molecule has 1 fully saturated rings. The highest BCUT2D eigenvalue weighted by Gasteiger charge is 2.36. The van der Waals surface area contributed by atoms with E-state index in [1.54, 1.807) is 24.0 Å². The van der Waals surface area contributed by atoms with Crippen LogP contribution in [0.4, 0.5) is 5.69 Å². The van der Waals surface area contributed by atoms with Gasteiger partial charge in [-0.1, -0.05) is 18.2 Å². The third kappa shape index (κ3) is 3.83. The smallest absolute Gasteiger partial charge is 0.228 e. The summed E-state index contributed by atoms with van der Waals surface area (Å²) in [5.41, 5.74) is 2.52. The third-order valence-electron chi connectivity index (χ3n) is 5.45. The Morgan fingerprint density at radius 3 is 2.63 bits per heavy atom. The van der Waals surface area contributed by atoms with Crippen LogP contribution in [0.2, 0.25) is 0 Å². The fraction of sp³-hybridized carbons (Fsp3) is 0.304. The van der Waals surface area contributed by atoms with Crippen LogP contribution in [0.25, 0.3) is 10.9 Å². The maximum absolute atomic E-state index is 13.0. The second-order valence-corrected chi connectivity index (χ2v) is 7.54. The molecule has 1 atom stereocenters. The SMILES string of the molecule is COc1ccc(N2CC(C(=O)N(C)Cc3nc(C)c4ccccc4n3)CC2=O)cc1. The topological polar surface area (TPSA) is 75.6 Å². The number of hydrogen-bond donors (Lipinski definition) is 0. The Morgan fingerprint density at radius 2 is 1.90 bits per heavy atom. The van der Waals surface area contributed by atoms with Crippen molar-refractivity contribution in [3.63, 3.8) is 0 Å². The van der Waals surface area contributed by atoms with E-state index in [4.69, 9.17) is 4.74 Å². The summed E-state index contributed by atoms with van der Waals surface area (Å²) in [5, 5.41) is 1.01. The van der Waals surface area contributed by atoms with E-state index in [0.29, 0.717) is 18.9 Å². The van der Waals surface area contributed by atoms with Crippen molar-refractivity contribution >= 4 is 28.4 Å². The number of amides is 2. The molecule has 1 saturated heterocycles. The molecule has 0 bridgehead atoms. The minimum Gasteiger partial charge on any atom is -0.497 e. The highest BCUT2D eigenvalue weighted by molar-refractivity contribution is 6.00. The lowest BCUT2D eigenvalue weighted by Crippen LogP contribution is -2.34. The number of fused-ring (bicyclic) bond motifs is 1. The first kappa shape index (κ1) is 19.8. The highest BCUT2D eigenvalue weighted by Crippen LogP contribution is 2.28. The van der Waals surface area contributed by atoms with Gasteiger partial charge in [0.2, 0.25) is 11.8 Å². The van der Waals surface area contributed by atoms with Gasteiger partial charge in [-0.15, -0.1) is 0 Å². The highest BCUT2D eigenvalue weighted by atomic mass is 16.5. The van der Waals surface area contributed by atoms with Gasteiger partial charge in [0.25, 0.3) is 0 Å². The second kappa shape index (κ2) is 8.10. The Balaban J connectivity index is 1.46. The zero-order valence-corrected chi connectivity index (χ0v) is 17.3. The average molecular weight is 404 g/mol. The summed E-state index contributed by atoms with van der Waals surface area (Å²) in [7, 11) is 3.33. The molecule has 2 amide bonds. The predicted molar refractivity (Wildman–Crippen MR) is 114 cm³/mol.